The molecule has 0 unspecified atom stereocenters. The maximum atomic E-state index is 8.81. The van der Waals surface area contributed by atoms with Crippen LogP contribution in [0.2, 0.25) is 0 Å². The lowest BCUT2D eigenvalue weighted by molar-refractivity contribution is 0.342. The summed E-state index contributed by atoms with van der Waals surface area (Å²) in [4.78, 5) is 0. The van der Waals surface area contributed by atoms with Crippen molar-refractivity contribution in [3.8, 4) is 0 Å². The highest BCUT2D eigenvalue weighted by Gasteiger charge is 2.26. The number of hydrogen-bond acceptors (Lipinski definition) is 1. The fraction of sp³-hybridized carbons (Fsp3) is 0.351. The van der Waals surface area contributed by atoms with Crippen molar-refractivity contribution >= 4 is 0 Å². The van der Waals surface area contributed by atoms with Crippen molar-refractivity contribution in [2.75, 3.05) is 6.61 Å². The predicted octanol–water partition coefficient (Wildman–Crippen LogP) is 10.6. The first-order valence-electron chi connectivity index (χ1n) is 13.8. The molecule has 1 heteroatoms. The third-order valence-corrected chi connectivity index (χ3v) is 6.53. The van der Waals surface area contributed by atoms with E-state index in [1.54, 1.807) is 6.08 Å². The van der Waals surface area contributed by atoms with Gasteiger partial charge in [0.05, 0.1) is 6.61 Å². The van der Waals surface area contributed by atoms with Crippen LogP contribution >= 0.6 is 0 Å². The van der Waals surface area contributed by atoms with Gasteiger partial charge in [-0.2, -0.15) is 0 Å². The highest BCUT2D eigenvalue weighted by molar-refractivity contribution is 5.37. The normalized spacial score (nSPS) is 19.2. The molecule has 1 nitrogen and oxygen atoms in total. The maximum Gasteiger partial charge on any atom is 0.0615 e. The Morgan fingerprint density at radius 1 is 0.658 bits per heavy atom. The summed E-state index contributed by atoms with van der Waals surface area (Å²) in [7, 11) is 0. The molecule has 0 fully saturated rings. The molecular weight excluding hydrogens is 460 g/mol. The zero-order valence-electron chi connectivity index (χ0n) is 25.1. The van der Waals surface area contributed by atoms with Crippen molar-refractivity contribution in [2.24, 2.45) is 5.41 Å². The van der Waals surface area contributed by atoms with E-state index in [1.807, 2.05) is 25.2 Å². The van der Waals surface area contributed by atoms with Gasteiger partial charge in [0.25, 0.3) is 0 Å². The summed E-state index contributed by atoms with van der Waals surface area (Å²) in [6.45, 7) is 17.6. The summed E-state index contributed by atoms with van der Waals surface area (Å²) in [6.07, 6.45) is 39.3. The average Bonchev–Trinajstić information content (AvgIpc) is 2.84. The number of aliphatic hydroxyl groups is 1. The molecular formula is C37H50O. The number of rotatable bonds is 12. The Balaban J connectivity index is 2.61. The Kier molecular flexibility index (Phi) is 15.7. The molecule has 0 bridgehead atoms. The van der Waals surface area contributed by atoms with Gasteiger partial charge in [0.15, 0.2) is 0 Å². The van der Waals surface area contributed by atoms with E-state index >= 15 is 0 Å². The third-order valence-electron chi connectivity index (χ3n) is 6.53. The summed E-state index contributed by atoms with van der Waals surface area (Å²) in [5, 5.41) is 8.81. The molecule has 38 heavy (non-hydrogen) atoms. The van der Waals surface area contributed by atoms with Crippen molar-refractivity contribution in [2.45, 2.75) is 74.7 Å². The average molecular weight is 511 g/mol. The molecule has 0 aromatic heterocycles. The van der Waals surface area contributed by atoms with Crippen LogP contribution in [0.3, 0.4) is 0 Å². The van der Waals surface area contributed by atoms with E-state index in [1.165, 1.54) is 52.7 Å². The van der Waals surface area contributed by atoms with Crippen molar-refractivity contribution in [3.05, 3.63) is 142 Å². The van der Waals surface area contributed by atoms with Gasteiger partial charge in [-0.1, -0.05) is 151 Å². The molecule has 0 saturated carbocycles. The van der Waals surface area contributed by atoms with Crippen molar-refractivity contribution in [1.29, 1.82) is 0 Å². The predicted molar refractivity (Wildman–Crippen MR) is 171 cm³/mol. The molecule has 0 aromatic rings. The van der Waals surface area contributed by atoms with Gasteiger partial charge in [-0.05, 0) is 71.8 Å². The minimum Gasteiger partial charge on any atom is -0.392 e. The van der Waals surface area contributed by atoms with Gasteiger partial charge < -0.3 is 5.11 Å². The van der Waals surface area contributed by atoms with Crippen LogP contribution in [0.1, 0.15) is 74.7 Å². The van der Waals surface area contributed by atoms with Crippen LogP contribution in [-0.4, -0.2) is 11.7 Å². The van der Waals surface area contributed by atoms with E-state index < -0.39 is 0 Å². The molecule has 204 valence electrons. The minimum atomic E-state index is 0.0700. The first-order chi connectivity index (χ1) is 18.0. The summed E-state index contributed by atoms with van der Waals surface area (Å²) >= 11 is 0. The highest BCUT2D eigenvalue weighted by Crippen LogP contribution is 2.40. The van der Waals surface area contributed by atoms with E-state index in [-0.39, 0.29) is 12.0 Å². The Bertz CT molecular complexity index is 1130. The Morgan fingerprint density at radius 3 is 1.53 bits per heavy atom. The third kappa shape index (κ3) is 14.5. The van der Waals surface area contributed by atoms with Crippen LogP contribution in [0.15, 0.2) is 142 Å². The molecule has 0 atom stereocenters. The van der Waals surface area contributed by atoms with E-state index in [0.717, 1.165) is 5.57 Å². The zero-order valence-corrected chi connectivity index (χ0v) is 25.1. The molecule has 1 rings (SSSR count). The Morgan fingerprint density at radius 2 is 1.08 bits per heavy atom. The second kappa shape index (κ2) is 18.2. The summed E-state index contributed by atoms with van der Waals surface area (Å²) in [5.41, 5.74) is 9.28. The van der Waals surface area contributed by atoms with Gasteiger partial charge in [-0.15, -0.1) is 0 Å². The van der Waals surface area contributed by atoms with Gasteiger partial charge in [0.2, 0.25) is 0 Å². The van der Waals surface area contributed by atoms with E-state index in [2.05, 4.69) is 127 Å². The molecule has 0 aromatic carbocycles. The standard InChI is InChI=1S/C37H50O/c1-30(18-11-20-32(3)21-12-22-33(4)24-15-29-38)16-9-10-17-31(2)19-13-23-34(5)26-27-36-35(6)25-14-28-37(36,7)8/h9-13,15-24,26-27,38H,14,25,28-29H2,1-8H3/b10-9+,18-11+,19-13+,21-12+,24-15-,27-26+,30-16+,31-17+,32-20+,33-22+,34-23+. The quantitative estimate of drug-likeness (QED) is 0.259. The van der Waals surface area contributed by atoms with E-state index in [0.29, 0.717) is 0 Å². The van der Waals surface area contributed by atoms with E-state index in [9.17, 15) is 0 Å². The fourth-order valence-electron chi connectivity index (χ4n) is 4.21. The molecule has 0 amide bonds. The summed E-state index contributed by atoms with van der Waals surface area (Å²) < 4.78 is 0. The lowest BCUT2D eigenvalue weighted by atomic mass is 9.72. The molecule has 0 spiro atoms. The van der Waals surface area contributed by atoms with Crippen LogP contribution in [-0.2, 0) is 0 Å². The first kappa shape index (κ1) is 32.9. The Labute approximate surface area is 233 Å². The second-order valence-corrected chi connectivity index (χ2v) is 10.9. The van der Waals surface area contributed by atoms with Crippen LogP contribution < -0.4 is 0 Å². The monoisotopic (exact) mass is 510 g/mol. The minimum absolute atomic E-state index is 0.0700. The number of allylic oxidation sites excluding steroid dienone is 23. The van der Waals surface area contributed by atoms with Crippen molar-refractivity contribution < 1.29 is 5.11 Å². The van der Waals surface area contributed by atoms with Crippen LogP contribution in [0.25, 0.3) is 0 Å². The molecule has 0 aliphatic heterocycles. The van der Waals surface area contributed by atoms with Gasteiger partial charge in [0.1, 0.15) is 0 Å². The lowest BCUT2D eigenvalue weighted by Gasteiger charge is -2.32. The SMILES string of the molecule is CC1=C(/C=C/C(C)=C/C=C/C(C)=C/C=C/C=C(C)/C=C/C=C(C)/C=C/C=C(C)/C=C\CO)C(C)(C)CCC1. The number of hydrogen-bond donors (Lipinski definition) is 1. The van der Waals surface area contributed by atoms with Crippen LogP contribution in [0, 0.1) is 5.41 Å². The smallest absolute Gasteiger partial charge is 0.0615 e. The maximum absolute atomic E-state index is 8.81. The summed E-state index contributed by atoms with van der Waals surface area (Å²) in [5.74, 6) is 0. The lowest BCUT2D eigenvalue weighted by Crippen LogP contribution is -2.19. The zero-order chi connectivity index (χ0) is 28.4. The first-order valence-corrected chi connectivity index (χ1v) is 13.8. The van der Waals surface area contributed by atoms with E-state index in [4.69, 9.17) is 5.11 Å². The second-order valence-electron chi connectivity index (χ2n) is 10.9. The van der Waals surface area contributed by atoms with Gasteiger partial charge in [0, 0.05) is 0 Å². The van der Waals surface area contributed by atoms with Crippen molar-refractivity contribution in [3.63, 3.8) is 0 Å². The molecule has 0 saturated heterocycles. The molecule has 1 aliphatic carbocycles. The van der Waals surface area contributed by atoms with Crippen molar-refractivity contribution in [1.82, 2.24) is 0 Å². The van der Waals surface area contributed by atoms with Gasteiger partial charge in [-0.3, -0.25) is 0 Å². The van der Waals surface area contributed by atoms with Crippen LogP contribution in [0.5, 0.6) is 0 Å². The fourth-order valence-corrected chi connectivity index (χ4v) is 4.21. The van der Waals surface area contributed by atoms with Crippen LogP contribution in [0.4, 0.5) is 0 Å². The Hall–Kier alpha value is -3.16. The summed E-state index contributed by atoms with van der Waals surface area (Å²) in [6, 6.07) is 0. The van der Waals surface area contributed by atoms with Gasteiger partial charge >= 0.3 is 0 Å². The number of aliphatic hydroxyl groups excluding tert-OH is 1. The highest BCUT2D eigenvalue weighted by atomic mass is 16.2. The largest absolute Gasteiger partial charge is 0.392 e. The van der Waals surface area contributed by atoms with Gasteiger partial charge in [-0.25, -0.2) is 0 Å². The molecule has 0 heterocycles. The molecule has 1 aliphatic rings. The molecule has 0 radical (unpaired) electrons. The molecule has 1 N–H and O–H groups in total. The topological polar surface area (TPSA) is 20.2 Å².